The van der Waals surface area contributed by atoms with Gasteiger partial charge in [0.25, 0.3) is 5.91 Å². The van der Waals surface area contributed by atoms with Crippen LogP contribution in [0.2, 0.25) is 10.0 Å². The van der Waals surface area contributed by atoms with Crippen LogP contribution >= 0.6 is 23.2 Å². The first kappa shape index (κ1) is 16.9. The molecule has 1 aromatic carbocycles. The van der Waals surface area contributed by atoms with Crippen LogP contribution in [0.1, 0.15) is 23.6 Å². The second-order valence-electron chi connectivity index (χ2n) is 5.35. The zero-order valence-electron chi connectivity index (χ0n) is 12.5. The number of rotatable bonds is 4. The fourth-order valence-electron chi connectivity index (χ4n) is 2.42. The monoisotopic (exact) mass is 363 g/mol. The molecule has 2 unspecified atom stereocenters. The largest absolute Gasteiger partial charge is 0.271 e. The number of benzene rings is 1. The first-order valence-corrected chi connectivity index (χ1v) is 8.07. The summed E-state index contributed by atoms with van der Waals surface area (Å²) >= 11 is 12.0. The molecule has 2 heterocycles. The highest BCUT2D eigenvalue weighted by molar-refractivity contribution is 6.34. The van der Waals surface area contributed by atoms with Crippen LogP contribution in [-0.4, -0.2) is 23.1 Å². The molecule has 24 heavy (non-hydrogen) atoms. The number of carbonyl (C=O) groups excluding carboxylic acids is 1. The molecular formula is C16H15Cl2N5O. The maximum absolute atomic E-state index is 12.2. The Morgan fingerprint density at radius 2 is 2.08 bits per heavy atom. The second-order valence-corrected chi connectivity index (χ2v) is 6.23. The number of pyridine rings is 1. The first-order chi connectivity index (χ1) is 11.6. The van der Waals surface area contributed by atoms with Crippen molar-refractivity contribution in [1.29, 1.82) is 0 Å². The van der Waals surface area contributed by atoms with Gasteiger partial charge in [-0.05, 0) is 36.2 Å². The maximum atomic E-state index is 12.2. The van der Waals surface area contributed by atoms with Gasteiger partial charge in [-0.3, -0.25) is 9.78 Å². The van der Waals surface area contributed by atoms with Crippen LogP contribution in [0.5, 0.6) is 0 Å². The van der Waals surface area contributed by atoms with Crippen LogP contribution in [0.25, 0.3) is 0 Å². The van der Waals surface area contributed by atoms with Crippen LogP contribution in [-0.2, 0) is 4.79 Å². The number of hydrogen-bond acceptors (Lipinski definition) is 5. The van der Waals surface area contributed by atoms with E-state index >= 15 is 0 Å². The van der Waals surface area contributed by atoms with Gasteiger partial charge in [-0.25, -0.2) is 16.3 Å². The van der Waals surface area contributed by atoms with Crippen molar-refractivity contribution in [2.45, 2.75) is 18.5 Å². The Morgan fingerprint density at radius 3 is 2.79 bits per heavy atom. The molecule has 0 radical (unpaired) electrons. The predicted molar refractivity (Wildman–Crippen MR) is 93.9 cm³/mol. The Labute approximate surface area is 149 Å². The van der Waals surface area contributed by atoms with E-state index in [-0.39, 0.29) is 11.9 Å². The molecule has 3 N–H and O–H groups in total. The standard InChI is InChI=1S/C16H15Cl2N5O/c17-12-4-11(5-13(18)6-12)14-7-15(22-21-14)16(24)23-20-9-10-2-1-3-19-8-10/h1-6,8-9,14-15,21-22H,7H2,(H,23,24)/b20-9-. The maximum Gasteiger partial charge on any atom is 0.258 e. The van der Waals surface area contributed by atoms with Crippen LogP contribution < -0.4 is 16.3 Å². The lowest BCUT2D eigenvalue weighted by Gasteiger charge is -2.10. The minimum Gasteiger partial charge on any atom is -0.271 e. The number of aromatic nitrogens is 1. The molecule has 1 aromatic heterocycles. The average molecular weight is 364 g/mol. The van der Waals surface area contributed by atoms with Crippen molar-refractivity contribution in [1.82, 2.24) is 21.3 Å². The van der Waals surface area contributed by atoms with Gasteiger partial charge < -0.3 is 0 Å². The van der Waals surface area contributed by atoms with Crippen molar-refractivity contribution in [2.75, 3.05) is 0 Å². The molecule has 1 saturated heterocycles. The highest BCUT2D eigenvalue weighted by atomic mass is 35.5. The fraction of sp³-hybridized carbons (Fsp3) is 0.188. The van der Waals surface area contributed by atoms with Gasteiger partial charge in [-0.1, -0.05) is 29.3 Å². The number of amides is 1. The van der Waals surface area contributed by atoms with Crippen LogP contribution in [0.3, 0.4) is 0 Å². The van der Waals surface area contributed by atoms with Gasteiger partial charge in [0.15, 0.2) is 0 Å². The summed E-state index contributed by atoms with van der Waals surface area (Å²) in [7, 11) is 0. The number of hydrogen-bond donors (Lipinski definition) is 3. The minimum atomic E-state index is -0.404. The number of halogens is 2. The van der Waals surface area contributed by atoms with E-state index in [0.717, 1.165) is 11.1 Å². The topological polar surface area (TPSA) is 78.4 Å². The number of nitrogens with zero attached hydrogens (tertiary/aromatic N) is 2. The second kappa shape index (κ2) is 7.72. The van der Waals surface area contributed by atoms with Gasteiger partial charge in [-0.15, -0.1) is 0 Å². The van der Waals surface area contributed by atoms with Gasteiger partial charge in [0.2, 0.25) is 0 Å². The number of hydrazine groups is 1. The van der Waals surface area contributed by atoms with Crippen LogP contribution in [0, 0.1) is 0 Å². The van der Waals surface area contributed by atoms with Crippen molar-refractivity contribution >= 4 is 35.3 Å². The molecule has 3 rings (SSSR count). The number of hydrazone groups is 1. The van der Waals surface area contributed by atoms with Gasteiger partial charge in [0.1, 0.15) is 6.04 Å². The van der Waals surface area contributed by atoms with E-state index in [1.807, 2.05) is 18.2 Å². The predicted octanol–water partition coefficient (Wildman–Crippen LogP) is 2.45. The molecule has 0 saturated carbocycles. The molecular weight excluding hydrogens is 349 g/mol. The van der Waals surface area contributed by atoms with E-state index in [2.05, 4.69) is 26.4 Å². The highest BCUT2D eigenvalue weighted by Gasteiger charge is 2.30. The molecule has 1 aliphatic heterocycles. The highest BCUT2D eigenvalue weighted by Crippen LogP contribution is 2.27. The molecule has 1 amide bonds. The smallest absolute Gasteiger partial charge is 0.258 e. The van der Waals surface area contributed by atoms with Crippen molar-refractivity contribution in [3.05, 3.63) is 63.9 Å². The summed E-state index contributed by atoms with van der Waals surface area (Å²) in [5.74, 6) is -0.224. The Balaban J connectivity index is 1.57. The quantitative estimate of drug-likeness (QED) is 0.575. The number of nitrogens with one attached hydrogen (secondary N) is 3. The Morgan fingerprint density at radius 1 is 1.29 bits per heavy atom. The Bertz CT molecular complexity index is 733. The molecule has 2 atom stereocenters. The summed E-state index contributed by atoms with van der Waals surface area (Å²) in [6.07, 6.45) is 5.43. The molecule has 1 fully saturated rings. The zero-order chi connectivity index (χ0) is 16.9. The van der Waals surface area contributed by atoms with Gasteiger partial charge in [0, 0.05) is 34.0 Å². The molecule has 0 bridgehead atoms. The third-order valence-electron chi connectivity index (χ3n) is 3.58. The molecule has 6 nitrogen and oxygen atoms in total. The van der Waals surface area contributed by atoms with E-state index in [0.29, 0.717) is 16.5 Å². The fourth-order valence-corrected chi connectivity index (χ4v) is 2.97. The summed E-state index contributed by atoms with van der Waals surface area (Å²) in [4.78, 5) is 16.1. The third-order valence-corrected chi connectivity index (χ3v) is 4.02. The molecule has 1 aliphatic rings. The molecule has 124 valence electrons. The van der Waals surface area contributed by atoms with E-state index in [9.17, 15) is 4.79 Å². The third kappa shape index (κ3) is 4.30. The number of carbonyl (C=O) groups is 1. The zero-order valence-corrected chi connectivity index (χ0v) is 14.1. The lowest BCUT2D eigenvalue weighted by atomic mass is 10.0. The van der Waals surface area contributed by atoms with E-state index < -0.39 is 6.04 Å². The van der Waals surface area contributed by atoms with Crippen molar-refractivity contribution in [2.24, 2.45) is 5.10 Å². The summed E-state index contributed by atoms with van der Waals surface area (Å²) in [6, 6.07) is 8.51. The van der Waals surface area contributed by atoms with E-state index in [4.69, 9.17) is 23.2 Å². The lowest BCUT2D eigenvalue weighted by molar-refractivity contribution is -0.122. The molecule has 8 heteroatoms. The lowest BCUT2D eigenvalue weighted by Crippen LogP contribution is -2.41. The van der Waals surface area contributed by atoms with Gasteiger partial charge in [-0.2, -0.15) is 5.10 Å². The molecule has 2 aromatic rings. The van der Waals surface area contributed by atoms with Crippen LogP contribution in [0.4, 0.5) is 0 Å². The van der Waals surface area contributed by atoms with Gasteiger partial charge >= 0.3 is 0 Å². The molecule has 0 spiro atoms. The normalized spacial score (nSPS) is 20.4. The molecule has 0 aliphatic carbocycles. The Kier molecular flexibility index (Phi) is 5.42. The van der Waals surface area contributed by atoms with Crippen molar-refractivity contribution in [3.8, 4) is 0 Å². The van der Waals surface area contributed by atoms with E-state index in [1.165, 1.54) is 0 Å². The summed E-state index contributed by atoms with van der Waals surface area (Å²) in [6.45, 7) is 0. The summed E-state index contributed by atoms with van der Waals surface area (Å²) in [5, 5.41) is 5.06. The minimum absolute atomic E-state index is 0.0562. The summed E-state index contributed by atoms with van der Waals surface area (Å²) < 4.78 is 0. The summed E-state index contributed by atoms with van der Waals surface area (Å²) in [5.41, 5.74) is 10.3. The van der Waals surface area contributed by atoms with Crippen molar-refractivity contribution in [3.63, 3.8) is 0 Å². The SMILES string of the molecule is O=C(N/N=C\c1cccnc1)C1CC(c2cc(Cl)cc(Cl)c2)NN1. The average Bonchev–Trinajstić information content (AvgIpc) is 3.05. The first-order valence-electron chi connectivity index (χ1n) is 7.32. The Hall–Kier alpha value is -1.99. The van der Waals surface area contributed by atoms with Gasteiger partial charge in [0.05, 0.1) is 6.21 Å². The van der Waals surface area contributed by atoms with E-state index in [1.54, 1.807) is 30.7 Å². The van der Waals surface area contributed by atoms with Crippen molar-refractivity contribution < 1.29 is 4.79 Å². The van der Waals surface area contributed by atoms with Crippen LogP contribution in [0.15, 0.2) is 47.8 Å².